The van der Waals surface area contributed by atoms with Crippen molar-refractivity contribution in [3.8, 4) is 0 Å². The maximum atomic E-state index is 5.84. The molecule has 78 valence electrons. The zero-order valence-corrected chi connectivity index (χ0v) is 9.05. The average molecular weight is 186 g/mol. The highest BCUT2D eigenvalue weighted by atomic mass is 16.5. The van der Waals surface area contributed by atoms with Gasteiger partial charge in [-0.25, -0.2) is 0 Å². The van der Waals surface area contributed by atoms with Crippen LogP contribution >= 0.6 is 0 Å². The molecule has 0 spiro atoms. The molecule has 1 unspecified atom stereocenters. The van der Waals surface area contributed by atoms with Gasteiger partial charge in [0.2, 0.25) is 0 Å². The van der Waals surface area contributed by atoms with Crippen molar-refractivity contribution in [3.05, 3.63) is 0 Å². The Bertz CT molecular complexity index is 159. The van der Waals surface area contributed by atoms with Crippen molar-refractivity contribution in [3.63, 3.8) is 0 Å². The van der Waals surface area contributed by atoms with E-state index in [9.17, 15) is 0 Å². The third-order valence-electron chi connectivity index (χ3n) is 3.37. The molecule has 0 aromatic rings. The first kappa shape index (κ1) is 11.0. The van der Waals surface area contributed by atoms with E-state index in [4.69, 9.17) is 10.5 Å². The SMILES string of the molecule is COCCN(C)C(C)(CN)C1CC1. The Morgan fingerprint density at radius 3 is 2.54 bits per heavy atom. The van der Waals surface area contributed by atoms with Crippen LogP contribution in [0.4, 0.5) is 0 Å². The second-order valence-corrected chi connectivity index (χ2v) is 4.25. The van der Waals surface area contributed by atoms with E-state index in [1.807, 2.05) is 0 Å². The number of rotatable bonds is 6. The molecule has 0 aromatic heterocycles. The minimum Gasteiger partial charge on any atom is -0.383 e. The van der Waals surface area contributed by atoms with Crippen LogP contribution in [0, 0.1) is 5.92 Å². The lowest BCUT2D eigenvalue weighted by molar-refractivity contribution is 0.0800. The molecule has 1 aliphatic carbocycles. The quantitative estimate of drug-likeness (QED) is 0.663. The summed E-state index contributed by atoms with van der Waals surface area (Å²) in [6.07, 6.45) is 2.68. The van der Waals surface area contributed by atoms with Gasteiger partial charge in [0, 0.05) is 25.7 Å². The molecule has 1 aliphatic rings. The highest BCUT2D eigenvalue weighted by Crippen LogP contribution is 2.41. The van der Waals surface area contributed by atoms with Crippen LogP contribution in [0.5, 0.6) is 0 Å². The molecule has 13 heavy (non-hydrogen) atoms. The van der Waals surface area contributed by atoms with Crippen molar-refractivity contribution in [2.24, 2.45) is 11.7 Å². The molecule has 2 N–H and O–H groups in total. The molecule has 3 nitrogen and oxygen atoms in total. The van der Waals surface area contributed by atoms with Gasteiger partial charge in [0.15, 0.2) is 0 Å². The van der Waals surface area contributed by atoms with Gasteiger partial charge < -0.3 is 10.5 Å². The molecule has 0 saturated heterocycles. The number of methoxy groups -OCH3 is 1. The van der Waals surface area contributed by atoms with Crippen molar-refractivity contribution < 1.29 is 4.74 Å². The van der Waals surface area contributed by atoms with Crippen LogP contribution < -0.4 is 5.73 Å². The molecule has 1 saturated carbocycles. The van der Waals surface area contributed by atoms with Gasteiger partial charge in [-0.05, 0) is 32.7 Å². The number of hydrogen-bond acceptors (Lipinski definition) is 3. The fourth-order valence-corrected chi connectivity index (χ4v) is 1.82. The second kappa shape index (κ2) is 4.40. The Balaban J connectivity index is 2.43. The summed E-state index contributed by atoms with van der Waals surface area (Å²) in [5, 5.41) is 0. The first-order valence-corrected chi connectivity index (χ1v) is 5.05. The highest BCUT2D eigenvalue weighted by molar-refractivity contribution is 4.99. The fraction of sp³-hybridized carbons (Fsp3) is 1.00. The first-order chi connectivity index (χ1) is 6.15. The summed E-state index contributed by atoms with van der Waals surface area (Å²) >= 11 is 0. The summed E-state index contributed by atoms with van der Waals surface area (Å²) in [5.74, 6) is 0.805. The number of nitrogens with zero attached hydrogens (tertiary/aromatic N) is 1. The fourth-order valence-electron chi connectivity index (χ4n) is 1.82. The van der Waals surface area contributed by atoms with Crippen LogP contribution in [0.25, 0.3) is 0 Å². The highest BCUT2D eigenvalue weighted by Gasteiger charge is 2.42. The van der Waals surface area contributed by atoms with Gasteiger partial charge in [-0.2, -0.15) is 0 Å². The van der Waals surface area contributed by atoms with E-state index in [1.165, 1.54) is 12.8 Å². The van der Waals surface area contributed by atoms with Gasteiger partial charge in [0.25, 0.3) is 0 Å². The Labute approximate surface area is 81.2 Å². The van der Waals surface area contributed by atoms with Crippen LogP contribution in [0.3, 0.4) is 0 Å². The van der Waals surface area contributed by atoms with Crippen LogP contribution in [0.15, 0.2) is 0 Å². The van der Waals surface area contributed by atoms with Gasteiger partial charge in [0.1, 0.15) is 0 Å². The Morgan fingerprint density at radius 2 is 2.15 bits per heavy atom. The van der Waals surface area contributed by atoms with Crippen molar-refractivity contribution in [2.45, 2.75) is 25.3 Å². The number of nitrogens with two attached hydrogens (primary N) is 1. The summed E-state index contributed by atoms with van der Waals surface area (Å²) in [6.45, 7) is 4.78. The van der Waals surface area contributed by atoms with Gasteiger partial charge >= 0.3 is 0 Å². The predicted molar refractivity (Wildman–Crippen MR) is 54.7 cm³/mol. The molecule has 0 radical (unpaired) electrons. The molecule has 0 bridgehead atoms. The van der Waals surface area contributed by atoms with Crippen LogP contribution in [0.2, 0.25) is 0 Å². The van der Waals surface area contributed by atoms with E-state index in [0.717, 1.165) is 25.6 Å². The van der Waals surface area contributed by atoms with E-state index < -0.39 is 0 Å². The largest absolute Gasteiger partial charge is 0.383 e. The lowest BCUT2D eigenvalue weighted by Crippen LogP contribution is -2.52. The first-order valence-electron chi connectivity index (χ1n) is 5.05. The van der Waals surface area contributed by atoms with Crippen LogP contribution in [0.1, 0.15) is 19.8 Å². The van der Waals surface area contributed by atoms with E-state index >= 15 is 0 Å². The Morgan fingerprint density at radius 1 is 1.54 bits per heavy atom. The molecule has 1 atom stereocenters. The number of ether oxygens (including phenoxy) is 1. The van der Waals surface area contributed by atoms with E-state index in [1.54, 1.807) is 7.11 Å². The molecule has 0 aromatic carbocycles. The third kappa shape index (κ3) is 2.42. The summed E-state index contributed by atoms with van der Waals surface area (Å²) in [5.41, 5.74) is 6.03. The topological polar surface area (TPSA) is 38.5 Å². The predicted octanol–water partition coefficient (Wildman–Crippen LogP) is 0.692. The maximum Gasteiger partial charge on any atom is 0.0589 e. The monoisotopic (exact) mass is 186 g/mol. The molecule has 0 amide bonds. The van der Waals surface area contributed by atoms with E-state index in [-0.39, 0.29) is 5.54 Å². The second-order valence-electron chi connectivity index (χ2n) is 4.25. The minimum absolute atomic E-state index is 0.193. The van der Waals surface area contributed by atoms with Crippen molar-refractivity contribution in [1.82, 2.24) is 4.90 Å². The zero-order chi connectivity index (χ0) is 9.90. The van der Waals surface area contributed by atoms with Crippen molar-refractivity contribution in [2.75, 3.05) is 33.9 Å². The van der Waals surface area contributed by atoms with Gasteiger partial charge in [0.05, 0.1) is 6.61 Å². The Kier molecular flexibility index (Phi) is 3.71. The Hall–Kier alpha value is -0.120. The van der Waals surface area contributed by atoms with Gasteiger partial charge in [-0.1, -0.05) is 0 Å². The standard InChI is InChI=1S/C10H22N2O/c1-10(8-11,9-4-5-9)12(2)6-7-13-3/h9H,4-8,11H2,1-3H3. The molecule has 0 aliphatic heterocycles. The summed E-state index contributed by atoms with van der Waals surface area (Å²) in [4.78, 5) is 2.34. The smallest absolute Gasteiger partial charge is 0.0589 e. The molecule has 3 heteroatoms. The molecule has 0 heterocycles. The van der Waals surface area contributed by atoms with Crippen molar-refractivity contribution >= 4 is 0 Å². The van der Waals surface area contributed by atoms with Crippen LogP contribution in [-0.4, -0.2) is 44.3 Å². The lowest BCUT2D eigenvalue weighted by Gasteiger charge is -2.38. The summed E-state index contributed by atoms with van der Waals surface area (Å²) < 4.78 is 5.07. The lowest BCUT2D eigenvalue weighted by atomic mass is 9.94. The number of hydrogen-bond donors (Lipinski definition) is 1. The molecule has 1 fully saturated rings. The normalized spacial score (nSPS) is 21.9. The maximum absolute atomic E-state index is 5.84. The van der Waals surface area contributed by atoms with Gasteiger partial charge in [-0.15, -0.1) is 0 Å². The molecular weight excluding hydrogens is 164 g/mol. The summed E-state index contributed by atoms with van der Waals surface area (Å²) in [7, 11) is 3.88. The third-order valence-corrected chi connectivity index (χ3v) is 3.37. The van der Waals surface area contributed by atoms with Crippen LogP contribution in [-0.2, 0) is 4.74 Å². The minimum atomic E-state index is 0.193. The van der Waals surface area contributed by atoms with E-state index in [2.05, 4.69) is 18.9 Å². The average Bonchev–Trinajstić information content (AvgIpc) is 2.96. The van der Waals surface area contributed by atoms with Gasteiger partial charge in [-0.3, -0.25) is 4.90 Å². The summed E-state index contributed by atoms with van der Waals surface area (Å²) in [6, 6.07) is 0. The van der Waals surface area contributed by atoms with E-state index in [0.29, 0.717) is 0 Å². The molecular formula is C10H22N2O. The van der Waals surface area contributed by atoms with Crippen molar-refractivity contribution in [1.29, 1.82) is 0 Å². The zero-order valence-electron chi connectivity index (χ0n) is 9.05. The number of likely N-dealkylation sites (N-methyl/N-ethyl adjacent to an activating group) is 1. The molecule has 1 rings (SSSR count).